The van der Waals surface area contributed by atoms with Crippen LogP contribution in [0.25, 0.3) is 0 Å². The summed E-state index contributed by atoms with van der Waals surface area (Å²) in [7, 11) is 0. The average molecular weight is 441 g/mol. The van der Waals surface area contributed by atoms with Gasteiger partial charge in [0.25, 0.3) is 0 Å². The van der Waals surface area contributed by atoms with Crippen molar-refractivity contribution < 1.29 is 9.59 Å². The quantitative estimate of drug-likeness (QED) is 0.594. The van der Waals surface area contributed by atoms with Crippen LogP contribution in [0.4, 0.5) is 5.69 Å². The Morgan fingerprint density at radius 2 is 1.75 bits per heavy atom. The highest BCUT2D eigenvalue weighted by Gasteiger charge is 2.69. The van der Waals surface area contributed by atoms with Gasteiger partial charge in [-0.05, 0) is 18.6 Å². The molecule has 4 nitrogen and oxygen atoms in total. The Kier molecular flexibility index (Phi) is 4.52. The Balaban J connectivity index is 1.63. The third-order valence-electron chi connectivity index (χ3n) is 7.30. The van der Waals surface area contributed by atoms with Crippen molar-refractivity contribution in [2.75, 3.05) is 16.9 Å². The van der Waals surface area contributed by atoms with Crippen molar-refractivity contribution in [3.63, 3.8) is 0 Å². The molecule has 0 aromatic heterocycles. The Labute approximate surface area is 192 Å². The minimum absolute atomic E-state index is 0.0448. The predicted molar refractivity (Wildman–Crippen MR) is 128 cm³/mol. The highest BCUT2D eigenvalue weighted by atomic mass is 32.2. The zero-order valence-corrected chi connectivity index (χ0v) is 18.6. The molecular formula is C27H24N2O2S. The van der Waals surface area contributed by atoms with Gasteiger partial charge in [0.15, 0.2) is 5.78 Å². The molecule has 1 spiro atoms. The second-order valence-electron chi connectivity index (χ2n) is 8.95. The number of ketones is 1. The maximum atomic E-state index is 14.2. The summed E-state index contributed by atoms with van der Waals surface area (Å²) in [4.78, 5) is 30.5. The monoisotopic (exact) mass is 440 g/mol. The minimum atomic E-state index is -0.997. The summed E-state index contributed by atoms with van der Waals surface area (Å²) in [6.07, 6.45) is 0. The maximum absolute atomic E-state index is 14.2. The van der Waals surface area contributed by atoms with Crippen LogP contribution in [-0.2, 0) is 10.3 Å². The van der Waals surface area contributed by atoms with Gasteiger partial charge >= 0.3 is 0 Å². The fourth-order valence-electron chi connectivity index (χ4n) is 6.02. The van der Waals surface area contributed by atoms with E-state index in [-0.39, 0.29) is 23.7 Å². The van der Waals surface area contributed by atoms with Crippen LogP contribution in [0.1, 0.15) is 33.0 Å². The molecule has 6 rings (SSSR count). The van der Waals surface area contributed by atoms with Gasteiger partial charge in [0, 0.05) is 40.4 Å². The largest absolute Gasteiger partial charge is 0.324 e. The molecule has 160 valence electrons. The zero-order chi connectivity index (χ0) is 21.9. The molecule has 0 aliphatic carbocycles. The molecule has 3 heterocycles. The number of hydrogen-bond acceptors (Lipinski definition) is 4. The highest BCUT2D eigenvalue weighted by Crippen LogP contribution is 2.61. The van der Waals surface area contributed by atoms with E-state index in [0.29, 0.717) is 5.56 Å². The van der Waals surface area contributed by atoms with Gasteiger partial charge in [-0.2, -0.15) is 0 Å². The first kappa shape index (κ1) is 19.8. The number of carbonyl (C=O) groups is 2. The molecule has 1 amide bonds. The number of rotatable bonds is 3. The SMILES string of the molecule is Cc1ccc2c(c1)[C@]1(C(=O)N2)[C@H](C(=O)c2ccccc2)[C@H](c2ccccc2)[C@H]2CSCN21. The summed E-state index contributed by atoms with van der Waals surface area (Å²) >= 11 is 1.85. The molecule has 0 saturated carbocycles. The van der Waals surface area contributed by atoms with Crippen LogP contribution >= 0.6 is 11.8 Å². The molecule has 3 aromatic rings. The molecule has 3 aliphatic heterocycles. The number of fused-ring (bicyclic) bond motifs is 4. The summed E-state index contributed by atoms with van der Waals surface area (Å²) in [5, 5.41) is 3.14. The van der Waals surface area contributed by atoms with E-state index in [4.69, 9.17) is 0 Å². The van der Waals surface area contributed by atoms with E-state index < -0.39 is 11.5 Å². The van der Waals surface area contributed by atoms with E-state index in [1.54, 1.807) is 0 Å². The smallest absolute Gasteiger partial charge is 0.250 e. The van der Waals surface area contributed by atoms with E-state index in [1.165, 1.54) is 0 Å². The minimum Gasteiger partial charge on any atom is -0.324 e. The van der Waals surface area contributed by atoms with Crippen molar-refractivity contribution in [2.24, 2.45) is 5.92 Å². The fraction of sp³-hybridized carbons (Fsp3) is 0.259. The lowest BCUT2D eigenvalue weighted by atomic mass is 9.69. The van der Waals surface area contributed by atoms with Crippen molar-refractivity contribution in [1.82, 2.24) is 4.90 Å². The number of anilines is 1. The van der Waals surface area contributed by atoms with Gasteiger partial charge in [-0.1, -0.05) is 78.4 Å². The first-order valence-electron chi connectivity index (χ1n) is 11.0. The summed E-state index contributed by atoms with van der Waals surface area (Å²) in [6.45, 7) is 2.05. The average Bonchev–Trinajstić information content (AvgIpc) is 3.48. The number of aryl methyl sites for hydroxylation is 1. The molecular weight excluding hydrogens is 416 g/mol. The first-order valence-corrected chi connectivity index (χ1v) is 12.2. The van der Waals surface area contributed by atoms with Crippen LogP contribution in [0, 0.1) is 12.8 Å². The number of nitrogens with zero attached hydrogens (tertiary/aromatic N) is 1. The molecule has 2 saturated heterocycles. The third-order valence-corrected chi connectivity index (χ3v) is 8.34. The molecule has 2 fully saturated rings. The van der Waals surface area contributed by atoms with Crippen molar-refractivity contribution in [3.05, 3.63) is 101 Å². The number of nitrogens with one attached hydrogen (secondary N) is 1. The second-order valence-corrected chi connectivity index (χ2v) is 9.95. The molecule has 1 N–H and O–H groups in total. The number of hydrogen-bond donors (Lipinski definition) is 1. The molecule has 0 radical (unpaired) electrons. The van der Waals surface area contributed by atoms with Gasteiger partial charge in [0.05, 0.1) is 5.92 Å². The molecule has 0 unspecified atom stereocenters. The van der Waals surface area contributed by atoms with Gasteiger partial charge in [0.1, 0.15) is 5.54 Å². The molecule has 3 aromatic carbocycles. The second kappa shape index (κ2) is 7.32. The number of amides is 1. The number of thioether (sulfide) groups is 1. The summed E-state index contributed by atoms with van der Waals surface area (Å²) < 4.78 is 0. The van der Waals surface area contributed by atoms with Crippen LogP contribution in [0.3, 0.4) is 0 Å². The predicted octanol–water partition coefficient (Wildman–Crippen LogP) is 4.81. The zero-order valence-electron chi connectivity index (χ0n) is 17.8. The lowest BCUT2D eigenvalue weighted by Crippen LogP contribution is -2.52. The molecule has 5 heteroatoms. The van der Waals surface area contributed by atoms with Gasteiger partial charge in [-0.15, -0.1) is 11.8 Å². The molecule has 0 bridgehead atoms. The molecule has 32 heavy (non-hydrogen) atoms. The topological polar surface area (TPSA) is 49.4 Å². The standard InChI is InChI=1S/C27H24N2O2S/c1-17-12-13-21-20(14-17)27(26(31)28-21)24(25(30)19-10-6-3-7-11-19)23(18-8-4-2-5-9-18)22-15-32-16-29(22)27/h2-14,22-24H,15-16H2,1H3,(H,28,31)/t22-,23-,24+,27-/m1/s1. The highest BCUT2D eigenvalue weighted by molar-refractivity contribution is 7.99. The van der Waals surface area contributed by atoms with Crippen LogP contribution in [0.15, 0.2) is 78.9 Å². The molecule has 3 aliphatic rings. The van der Waals surface area contributed by atoms with Crippen molar-refractivity contribution in [2.45, 2.75) is 24.4 Å². The normalized spacial score (nSPS) is 28.5. The lowest BCUT2D eigenvalue weighted by Gasteiger charge is -2.36. The van der Waals surface area contributed by atoms with Gasteiger partial charge in [0.2, 0.25) is 5.91 Å². The first-order chi connectivity index (χ1) is 15.6. The maximum Gasteiger partial charge on any atom is 0.250 e. The van der Waals surface area contributed by atoms with E-state index >= 15 is 0 Å². The van der Waals surface area contributed by atoms with E-state index in [1.807, 2.05) is 79.3 Å². The van der Waals surface area contributed by atoms with Crippen molar-refractivity contribution >= 4 is 29.1 Å². The third kappa shape index (κ3) is 2.61. The Morgan fingerprint density at radius 1 is 1.03 bits per heavy atom. The van der Waals surface area contributed by atoms with E-state index in [9.17, 15) is 9.59 Å². The van der Waals surface area contributed by atoms with E-state index in [2.05, 4.69) is 28.4 Å². The Bertz CT molecular complexity index is 1210. The Morgan fingerprint density at radius 3 is 2.50 bits per heavy atom. The van der Waals surface area contributed by atoms with Gasteiger partial charge < -0.3 is 5.32 Å². The van der Waals surface area contributed by atoms with Crippen molar-refractivity contribution in [3.8, 4) is 0 Å². The number of Topliss-reactive ketones (excluding diaryl/α,β-unsaturated/α-hetero) is 1. The van der Waals surface area contributed by atoms with Crippen molar-refractivity contribution in [1.29, 1.82) is 0 Å². The van der Waals surface area contributed by atoms with Crippen LogP contribution in [0.5, 0.6) is 0 Å². The fourth-order valence-corrected chi connectivity index (χ4v) is 7.35. The van der Waals surface area contributed by atoms with Crippen LogP contribution < -0.4 is 5.32 Å². The number of benzene rings is 3. The van der Waals surface area contributed by atoms with E-state index in [0.717, 1.165) is 34.0 Å². The molecule has 4 atom stereocenters. The summed E-state index contributed by atoms with van der Waals surface area (Å²) in [5.74, 6) is 1.07. The van der Waals surface area contributed by atoms with Gasteiger partial charge in [-0.3, -0.25) is 14.5 Å². The lowest BCUT2D eigenvalue weighted by molar-refractivity contribution is -0.127. The van der Waals surface area contributed by atoms with Crippen LogP contribution in [0.2, 0.25) is 0 Å². The van der Waals surface area contributed by atoms with Gasteiger partial charge in [-0.25, -0.2) is 0 Å². The summed E-state index contributed by atoms with van der Waals surface area (Å²) in [6, 6.07) is 26.0. The Hall–Kier alpha value is -2.89. The van der Waals surface area contributed by atoms with Crippen LogP contribution in [-0.4, -0.2) is 34.3 Å². The summed E-state index contributed by atoms with van der Waals surface area (Å²) in [5.41, 5.74) is 3.67. The number of carbonyl (C=O) groups excluding carboxylic acids is 2.